The summed E-state index contributed by atoms with van der Waals surface area (Å²) in [5.74, 6) is 0.385. The second-order valence-corrected chi connectivity index (χ2v) is 9.50. The number of nitrogens with zero attached hydrogens (tertiary/aromatic N) is 3. The van der Waals surface area contributed by atoms with Crippen molar-refractivity contribution in [3.63, 3.8) is 0 Å². The predicted molar refractivity (Wildman–Crippen MR) is 76.6 cm³/mol. The molecule has 2 N–H and O–H groups in total. The van der Waals surface area contributed by atoms with Crippen LogP contribution in [0.3, 0.4) is 0 Å². The lowest BCUT2D eigenvalue weighted by Crippen LogP contribution is -2.27. The molecule has 2 rings (SSSR count). The molecule has 1 aliphatic rings. The minimum absolute atomic E-state index is 0.0942. The summed E-state index contributed by atoms with van der Waals surface area (Å²) in [5, 5.41) is 11.4. The second-order valence-electron chi connectivity index (χ2n) is 5.74. The fraction of sp³-hybridized carbons (Fsp3) is 0.818. The van der Waals surface area contributed by atoms with Gasteiger partial charge < -0.3 is 0 Å². The Balaban J connectivity index is 2.56. The van der Waals surface area contributed by atoms with Crippen LogP contribution in [0.5, 0.6) is 0 Å². The van der Waals surface area contributed by atoms with Gasteiger partial charge in [-0.25, -0.2) is 22.0 Å². The monoisotopic (exact) mass is 336 g/mol. The first-order valence-electron chi connectivity index (χ1n) is 6.80. The molecular weight excluding hydrogens is 316 g/mol. The van der Waals surface area contributed by atoms with Gasteiger partial charge >= 0.3 is 0 Å². The van der Waals surface area contributed by atoms with E-state index >= 15 is 0 Å². The van der Waals surface area contributed by atoms with Crippen LogP contribution in [0.25, 0.3) is 0 Å². The van der Waals surface area contributed by atoms with Gasteiger partial charge in [0.2, 0.25) is 0 Å². The molecule has 0 bridgehead atoms. The average molecular weight is 336 g/mol. The Morgan fingerprint density at radius 3 is 2.52 bits per heavy atom. The lowest BCUT2D eigenvalue weighted by atomic mass is 10.1. The van der Waals surface area contributed by atoms with Crippen LogP contribution in [-0.4, -0.2) is 37.4 Å². The highest BCUT2D eigenvalue weighted by Gasteiger charge is 2.36. The summed E-state index contributed by atoms with van der Waals surface area (Å²) < 4.78 is 49.0. The molecule has 0 saturated carbocycles. The van der Waals surface area contributed by atoms with Gasteiger partial charge in [-0.3, -0.25) is 4.57 Å². The molecule has 1 aromatic heterocycles. The molecule has 0 spiro atoms. The molecule has 1 fully saturated rings. The zero-order chi connectivity index (χ0) is 15.8. The van der Waals surface area contributed by atoms with Gasteiger partial charge in [0.05, 0.1) is 5.75 Å². The summed E-state index contributed by atoms with van der Waals surface area (Å²) in [5.41, 5.74) is 0. The van der Waals surface area contributed by atoms with Crippen molar-refractivity contribution in [2.24, 2.45) is 11.1 Å². The zero-order valence-electron chi connectivity index (χ0n) is 12.1. The molecule has 21 heavy (non-hydrogen) atoms. The van der Waals surface area contributed by atoms with E-state index in [-0.39, 0.29) is 22.7 Å². The molecule has 1 aliphatic heterocycles. The SMILES string of the molecule is CC(C)Cn1c(C2CCCCS2(=O)=O)nnc1S(N)(=O)=O. The molecule has 120 valence electrons. The summed E-state index contributed by atoms with van der Waals surface area (Å²) in [6.07, 6.45) is 1.82. The van der Waals surface area contributed by atoms with Crippen molar-refractivity contribution in [1.29, 1.82) is 0 Å². The van der Waals surface area contributed by atoms with Crippen LogP contribution in [0.1, 0.15) is 44.2 Å². The molecular formula is C11H20N4O4S2. The van der Waals surface area contributed by atoms with Crippen molar-refractivity contribution >= 4 is 19.9 Å². The highest BCUT2D eigenvalue weighted by Crippen LogP contribution is 2.33. The van der Waals surface area contributed by atoms with Gasteiger partial charge in [-0.2, -0.15) is 0 Å². The number of rotatable bonds is 4. The molecule has 0 aliphatic carbocycles. The number of sulfonamides is 1. The van der Waals surface area contributed by atoms with E-state index in [0.29, 0.717) is 19.4 Å². The van der Waals surface area contributed by atoms with Gasteiger partial charge in [0, 0.05) is 6.54 Å². The van der Waals surface area contributed by atoms with E-state index in [1.807, 2.05) is 13.8 Å². The van der Waals surface area contributed by atoms with Crippen LogP contribution >= 0.6 is 0 Å². The molecule has 10 heteroatoms. The molecule has 2 heterocycles. The third-order valence-electron chi connectivity index (χ3n) is 3.41. The maximum absolute atomic E-state index is 12.2. The topological polar surface area (TPSA) is 125 Å². The normalized spacial score (nSPS) is 22.6. The third-order valence-corrected chi connectivity index (χ3v) is 6.40. The van der Waals surface area contributed by atoms with Crippen LogP contribution < -0.4 is 5.14 Å². The minimum Gasteiger partial charge on any atom is -0.299 e. The van der Waals surface area contributed by atoms with Gasteiger partial charge in [-0.1, -0.05) is 20.3 Å². The number of aromatic nitrogens is 3. The largest absolute Gasteiger partial charge is 0.299 e. The fourth-order valence-electron chi connectivity index (χ4n) is 2.53. The lowest BCUT2D eigenvalue weighted by molar-refractivity contribution is 0.456. The summed E-state index contributed by atoms with van der Waals surface area (Å²) in [7, 11) is -7.37. The summed E-state index contributed by atoms with van der Waals surface area (Å²) in [6, 6.07) is 0. The average Bonchev–Trinajstić information content (AvgIpc) is 2.70. The van der Waals surface area contributed by atoms with Crippen molar-refractivity contribution in [1.82, 2.24) is 14.8 Å². The minimum atomic E-state index is -4.04. The van der Waals surface area contributed by atoms with Crippen LogP contribution in [-0.2, 0) is 26.4 Å². The Kier molecular flexibility index (Phi) is 4.41. The maximum atomic E-state index is 12.2. The van der Waals surface area contributed by atoms with Crippen LogP contribution in [0.15, 0.2) is 5.16 Å². The molecule has 1 atom stereocenters. The van der Waals surface area contributed by atoms with Crippen LogP contribution in [0.2, 0.25) is 0 Å². The zero-order valence-corrected chi connectivity index (χ0v) is 13.7. The molecule has 1 saturated heterocycles. The van der Waals surface area contributed by atoms with Crippen molar-refractivity contribution in [3.8, 4) is 0 Å². The Labute approximate surface area is 124 Å². The van der Waals surface area contributed by atoms with Gasteiger partial charge in [0.15, 0.2) is 15.7 Å². The van der Waals surface area contributed by atoms with E-state index in [1.165, 1.54) is 4.57 Å². The predicted octanol–water partition coefficient (Wildman–Crippen LogP) is 0.221. The molecule has 0 aromatic carbocycles. The number of sulfone groups is 1. The van der Waals surface area contributed by atoms with E-state index in [2.05, 4.69) is 10.2 Å². The second kappa shape index (κ2) is 5.65. The third kappa shape index (κ3) is 3.43. The van der Waals surface area contributed by atoms with Crippen LogP contribution in [0.4, 0.5) is 0 Å². The number of primary sulfonamides is 1. The fourth-order valence-corrected chi connectivity index (χ4v) is 5.07. The van der Waals surface area contributed by atoms with Crippen molar-refractivity contribution in [2.75, 3.05) is 5.75 Å². The van der Waals surface area contributed by atoms with Gasteiger partial charge in [-0.05, 0) is 18.8 Å². The van der Waals surface area contributed by atoms with Crippen LogP contribution in [0, 0.1) is 5.92 Å². The first-order valence-corrected chi connectivity index (χ1v) is 10.1. The smallest absolute Gasteiger partial charge is 0.273 e. The summed E-state index contributed by atoms with van der Waals surface area (Å²) in [6.45, 7) is 4.10. The van der Waals surface area contributed by atoms with E-state index in [9.17, 15) is 16.8 Å². The number of hydrogen-bond acceptors (Lipinski definition) is 6. The number of hydrogen-bond donors (Lipinski definition) is 1. The van der Waals surface area contributed by atoms with Gasteiger partial charge in [0.1, 0.15) is 5.25 Å². The highest BCUT2D eigenvalue weighted by atomic mass is 32.2. The van der Waals surface area contributed by atoms with E-state index in [1.54, 1.807) is 0 Å². The molecule has 0 amide bonds. The van der Waals surface area contributed by atoms with Crippen molar-refractivity contribution in [2.45, 2.75) is 50.1 Å². The quantitative estimate of drug-likeness (QED) is 0.838. The lowest BCUT2D eigenvalue weighted by Gasteiger charge is -2.22. The molecule has 0 radical (unpaired) electrons. The Hall–Kier alpha value is -1.00. The highest BCUT2D eigenvalue weighted by molar-refractivity contribution is 7.91. The summed E-state index contributed by atoms with van der Waals surface area (Å²) >= 11 is 0. The van der Waals surface area contributed by atoms with Crippen molar-refractivity contribution in [3.05, 3.63) is 5.82 Å². The Bertz CT molecular complexity index is 721. The van der Waals surface area contributed by atoms with E-state index < -0.39 is 25.1 Å². The number of nitrogens with two attached hydrogens (primary N) is 1. The molecule has 1 aromatic rings. The Morgan fingerprint density at radius 1 is 1.33 bits per heavy atom. The standard InChI is InChI=1S/C11H20N4O4S2/c1-8(2)7-15-10(13-14-11(15)21(12,18)19)9-5-3-4-6-20(9,16)17/h8-9H,3-7H2,1-2H3,(H2,12,18,19). The molecule has 8 nitrogen and oxygen atoms in total. The first-order chi connectivity index (χ1) is 9.63. The maximum Gasteiger partial charge on any atom is 0.273 e. The van der Waals surface area contributed by atoms with E-state index in [0.717, 1.165) is 6.42 Å². The Morgan fingerprint density at radius 2 is 2.00 bits per heavy atom. The van der Waals surface area contributed by atoms with E-state index in [4.69, 9.17) is 5.14 Å². The summed E-state index contributed by atoms with van der Waals surface area (Å²) in [4.78, 5) is 0. The molecule has 1 unspecified atom stereocenters. The first kappa shape index (κ1) is 16.4. The van der Waals surface area contributed by atoms with Gasteiger partial charge in [0.25, 0.3) is 15.2 Å². The van der Waals surface area contributed by atoms with Crippen molar-refractivity contribution < 1.29 is 16.8 Å². The van der Waals surface area contributed by atoms with Gasteiger partial charge in [-0.15, -0.1) is 10.2 Å².